The van der Waals surface area contributed by atoms with Crippen molar-refractivity contribution >= 4 is 17.7 Å². The van der Waals surface area contributed by atoms with Crippen molar-refractivity contribution in [3.8, 4) is 0 Å². The number of hydrogen-bond donors (Lipinski definition) is 1. The summed E-state index contributed by atoms with van der Waals surface area (Å²) in [6.07, 6.45) is 10.5. The minimum absolute atomic E-state index is 0.106. The molecule has 0 amide bonds. The molecule has 0 unspecified atom stereocenters. The van der Waals surface area contributed by atoms with Crippen LogP contribution in [0.4, 0.5) is 0 Å². The first-order chi connectivity index (χ1) is 22.7. The van der Waals surface area contributed by atoms with E-state index >= 15 is 0 Å². The first kappa shape index (κ1) is 37.0. The van der Waals surface area contributed by atoms with Gasteiger partial charge in [-0.3, -0.25) is 19.3 Å². The minimum atomic E-state index is -1.14. The summed E-state index contributed by atoms with van der Waals surface area (Å²) < 4.78 is 6.18. The second-order valence-corrected chi connectivity index (χ2v) is 20.0. The van der Waals surface area contributed by atoms with E-state index in [1.807, 2.05) is 0 Å². The van der Waals surface area contributed by atoms with Gasteiger partial charge in [-0.05, 0) is 125 Å². The standard InChI is InChI=1S/C42H68N2O5/c1-27(2)28-13-18-42(32(45)26-44-23-21-43(10)22-24-44)20-19-40(8)29(35(28)42)11-12-31-39(7)16-15-33(49-34(46)25-37(3,4)36(47)48)38(5,6)30(39)14-17-41(31,40)9/h27,29-31,33H,11-26H2,1-10H3,(H,47,48)/t29-,30+,31-,33+,39+,40-,41-,42-/m1/s1. The Labute approximate surface area is 297 Å². The SMILES string of the molecule is CC(C)C1=C2[C@H]3CC[C@@H]4[C@@]5(C)CC[C@H](OC(=O)CC(C)(C)C(=O)O)C(C)(C)[C@@H]5CC[C@@]4(C)[C@]3(C)CC[C@@]2(C(=O)CN2CCN(C)CC2)CC1. The average molecular weight is 681 g/mol. The Morgan fingerprint density at radius 2 is 1.53 bits per heavy atom. The fraction of sp³-hybridized carbons (Fsp3) is 0.881. The van der Waals surface area contributed by atoms with E-state index in [1.54, 1.807) is 25.0 Å². The molecule has 0 radical (unpaired) electrons. The summed E-state index contributed by atoms with van der Waals surface area (Å²) >= 11 is 0. The number of aliphatic carboxylic acids is 1. The van der Waals surface area contributed by atoms with Crippen LogP contribution in [0.5, 0.6) is 0 Å². The molecule has 7 nitrogen and oxygen atoms in total. The number of piperazine rings is 1. The van der Waals surface area contributed by atoms with E-state index in [1.165, 1.54) is 19.3 Å². The highest BCUT2D eigenvalue weighted by molar-refractivity contribution is 5.91. The number of nitrogens with zero attached hydrogens (tertiary/aromatic N) is 2. The van der Waals surface area contributed by atoms with Crippen molar-refractivity contribution in [3.63, 3.8) is 0 Å². The van der Waals surface area contributed by atoms with E-state index in [4.69, 9.17) is 4.74 Å². The van der Waals surface area contributed by atoms with Crippen molar-refractivity contribution in [2.24, 2.45) is 56.2 Å². The first-order valence-corrected chi connectivity index (χ1v) is 19.8. The lowest BCUT2D eigenvalue weighted by atomic mass is 9.33. The van der Waals surface area contributed by atoms with Crippen molar-refractivity contribution < 1.29 is 24.2 Å². The second-order valence-electron chi connectivity index (χ2n) is 20.0. The Balaban J connectivity index is 1.26. The minimum Gasteiger partial charge on any atom is -0.481 e. The van der Waals surface area contributed by atoms with E-state index in [2.05, 4.69) is 65.3 Å². The van der Waals surface area contributed by atoms with Crippen LogP contribution < -0.4 is 0 Å². The fourth-order valence-electron chi connectivity index (χ4n) is 13.3. The Hall–Kier alpha value is -1.73. The Morgan fingerprint density at radius 3 is 2.16 bits per heavy atom. The van der Waals surface area contributed by atoms with Crippen LogP contribution >= 0.6 is 0 Å². The highest BCUT2D eigenvalue weighted by Crippen LogP contribution is 2.77. The summed E-state index contributed by atoms with van der Waals surface area (Å²) in [5, 5.41) is 9.60. The molecule has 6 rings (SSSR count). The highest BCUT2D eigenvalue weighted by Gasteiger charge is 2.70. The Bertz CT molecular complexity index is 1370. The predicted octanol–water partition coefficient (Wildman–Crippen LogP) is 8.02. The molecule has 6 aliphatic rings. The third kappa shape index (κ3) is 5.69. The van der Waals surface area contributed by atoms with E-state index in [-0.39, 0.29) is 45.6 Å². The molecule has 49 heavy (non-hydrogen) atoms. The van der Waals surface area contributed by atoms with E-state index in [9.17, 15) is 19.5 Å². The summed E-state index contributed by atoms with van der Waals surface area (Å²) in [5.41, 5.74) is 2.09. The van der Waals surface area contributed by atoms with Gasteiger partial charge in [0.25, 0.3) is 0 Å². The summed E-state index contributed by atoms with van der Waals surface area (Å²) in [4.78, 5) is 44.2. The van der Waals surface area contributed by atoms with Crippen LogP contribution in [0.2, 0.25) is 0 Å². The number of hydrogen-bond acceptors (Lipinski definition) is 6. The number of carbonyl (C=O) groups excluding carboxylic acids is 2. The number of allylic oxidation sites excluding steroid dienone is 2. The number of rotatable bonds is 8. The van der Waals surface area contributed by atoms with Gasteiger partial charge in [-0.1, -0.05) is 59.6 Å². The molecule has 4 saturated carbocycles. The molecular formula is C42H68N2O5. The quantitative estimate of drug-likeness (QED) is 0.205. The molecule has 5 fully saturated rings. The van der Waals surface area contributed by atoms with Crippen LogP contribution in [0.25, 0.3) is 0 Å². The van der Waals surface area contributed by atoms with Gasteiger partial charge in [0, 0.05) is 31.6 Å². The third-order valence-electron chi connectivity index (χ3n) is 16.5. The molecule has 1 saturated heterocycles. The maximum Gasteiger partial charge on any atom is 0.309 e. The molecule has 0 aromatic rings. The van der Waals surface area contributed by atoms with Gasteiger partial charge in [0.1, 0.15) is 6.10 Å². The van der Waals surface area contributed by atoms with Crippen LogP contribution in [-0.2, 0) is 19.1 Å². The van der Waals surface area contributed by atoms with Crippen molar-refractivity contribution in [3.05, 3.63) is 11.1 Å². The zero-order chi connectivity index (χ0) is 35.9. The average Bonchev–Trinajstić information content (AvgIpc) is 3.41. The van der Waals surface area contributed by atoms with E-state index in [0.29, 0.717) is 36.0 Å². The van der Waals surface area contributed by atoms with Crippen molar-refractivity contribution in [2.45, 2.75) is 139 Å². The van der Waals surface area contributed by atoms with Gasteiger partial charge in [-0.15, -0.1) is 0 Å². The summed E-state index contributed by atoms with van der Waals surface area (Å²) in [7, 11) is 2.18. The number of ketones is 1. The molecule has 1 heterocycles. The van der Waals surface area contributed by atoms with Crippen LogP contribution in [0, 0.1) is 56.2 Å². The van der Waals surface area contributed by atoms with Gasteiger partial charge in [0.15, 0.2) is 5.78 Å². The zero-order valence-electron chi connectivity index (χ0n) is 32.7. The zero-order valence-corrected chi connectivity index (χ0v) is 32.7. The number of carboxylic acid groups (broad SMARTS) is 1. The van der Waals surface area contributed by atoms with Gasteiger partial charge in [-0.25, -0.2) is 0 Å². The largest absolute Gasteiger partial charge is 0.481 e. The Kier molecular flexibility index (Phi) is 9.41. The summed E-state index contributed by atoms with van der Waals surface area (Å²) in [6, 6.07) is 0. The van der Waals surface area contributed by atoms with Gasteiger partial charge >= 0.3 is 11.9 Å². The summed E-state index contributed by atoms with van der Waals surface area (Å²) in [6.45, 7) is 25.1. The van der Waals surface area contributed by atoms with Crippen molar-refractivity contribution in [2.75, 3.05) is 39.8 Å². The van der Waals surface area contributed by atoms with Crippen LogP contribution in [0.15, 0.2) is 11.1 Å². The summed E-state index contributed by atoms with van der Waals surface area (Å²) in [5.74, 6) is 1.12. The lowest BCUT2D eigenvalue weighted by Crippen LogP contribution is -2.66. The molecule has 1 aliphatic heterocycles. The molecule has 1 N–H and O–H groups in total. The molecule has 5 aliphatic carbocycles. The maximum atomic E-state index is 14.6. The van der Waals surface area contributed by atoms with E-state index in [0.717, 1.165) is 71.1 Å². The van der Waals surface area contributed by atoms with Crippen molar-refractivity contribution in [1.29, 1.82) is 0 Å². The van der Waals surface area contributed by atoms with E-state index < -0.39 is 11.4 Å². The number of Topliss-reactive ketones (excluding diaryl/α,β-unsaturated/α-hetero) is 1. The molecule has 276 valence electrons. The number of likely N-dealkylation sites (N-methyl/N-ethyl adjacent to an activating group) is 1. The van der Waals surface area contributed by atoms with Gasteiger partial charge < -0.3 is 14.7 Å². The number of ether oxygens (including phenoxy) is 1. The topological polar surface area (TPSA) is 87.2 Å². The fourth-order valence-corrected chi connectivity index (χ4v) is 13.3. The highest BCUT2D eigenvalue weighted by atomic mass is 16.5. The Morgan fingerprint density at radius 1 is 0.857 bits per heavy atom. The monoisotopic (exact) mass is 681 g/mol. The van der Waals surface area contributed by atoms with Crippen LogP contribution in [0.3, 0.4) is 0 Å². The molecule has 7 heteroatoms. The molecule has 0 spiro atoms. The lowest BCUT2D eigenvalue weighted by Gasteiger charge is -2.72. The molecular weight excluding hydrogens is 612 g/mol. The van der Waals surface area contributed by atoms with Crippen LogP contribution in [0.1, 0.15) is 133 Å². The maximum absolute atomic E-state index is 14.6. The van der Waals surface area contributed by atoms with Gasteiger partial charge in [0.05, 0.1) is 23.8 Å². The van der Waals surface area contributed by atoms with Crippen molar-refractivity contribution in [1.82, 2.24) is 9.80 Å². The molecule has 0 aromatic carbocycles. The predicted molar refractivity (Wildman–Crippen MR) is 194 cm³/mol. The molecule has 8 atom stereocenters. The lowest BCUT2D eigenvalue weighted by molar-refractivity contribution is -0.233. The number of carboxylic acids is 1. The molecule has 0 aromatic heterocycles. The number of carbonyl (C=O) groups is 3. The van der Waals surface area contributed by atoms with Gasteiger partial charge in [0.2, 0.25) is 0 Å². The molecule has 0 bridgehead atoms. The smallest absolute Gasteiger partial charge is 0.309 e. The first-order valence-electron chi connectivity index (χ1n) is 19.8. The normalized spacial score (nSPS) is 41.0. The third-order valence-corrected chi connectivity index (χ3v) is 16.5. The second kappa shape index (κ2) is 12.5. The van der Waals surface area contributed by atoms with Gasteiger partial charge in [-0.2, -0.15) is 0 Å². The number of fused-ring (bicyclic) bond motifs is 7. The van der Waals surface area contributed by atoms with Crippen LogP contribution in [-0.4, -0.2) is 78.5 Å². The number of esters is 1.